The fourth-order valence-corrected chi connectivity index (χ4v) is 3.52. The smallest absolute Gasteiger partial charge is 0.229 e. The largest absolute Gasteiger partial charge is 0.379 e. The molecule has 0 bridgehead atoms. The molecule has 1 aliphatic heterocycles. The number of aromatic nitrogens is 3. The van der Waals surface area contributed by atoms with Gasteiger partial charge in [0.05, 0.1) is 31.0 Å². The van der Waals surface area contributed by atoms with Crippen molar-refractivity contribution in [3.05, 3.63) is 47.5 Å². The highest BCUT2D eigenvalue weighted by atomic mass is 16.5. The topological polar surface area (TPSA) is 60.2 Å². The first-order valence-corrected chi connectivity index (χ1v) is 9.00. The molecule has 6 nitrogen and oxygen atoms in total. The standard InChI is InChI=1S/C19H24N4O2/c1-22-19-15(11-21-22)7-9-23(17(19)13-25-12-14-5-6-14)18(24)10-16-4-2-3-8-20-16/h2-4,8,11,14,17H,5-7,9-10,12-13H2,1H3/t17-/m1/s1. The Bertz CT molecular complexity index is 739. The maximum absolute atomic E-state index is 12.9. The summed E-state index contributed by atoms with van der Waals surface area (Å²) in [7, 11) is 1.94. The van der Waals surface area contributed by atoms with Gasteiger partial charge in [-0.2, -0.15) is 5.10 Å². The predicted octanol–water partition coefficient (Wildman–Crippen LogP) is 1.91. The van der Waals surface area contributed by atoms with Crippen molar-refractivity contribution in [2.45, 2.75) is 31.7 Å². The van der Waals surface area contributed by atoms with E-state index < -0.39 is 0 Å². The molecular formula is C19H24N4O2. The lowest BCUT2D eigenvalue weighted by Gasteiger charge is -2.36. The first-order valence-electron chi connectivity index (χ1n) is 9.00. The second kappa shape index (κ2) is 6.96. The Morgan fingerprint density at radius 1 is 1.32 bits per heavy atom. The summed E-state index contributed by atoms with van der Waals surface area (Å²) >= 11 is 0. The number of aryl methyl sites for hydroxylation is 1. The Kier molecular flexibility index (Phi) is 4.53. The number of fused-ring (bicyclic) bond motifs is 1. The number of hydrogen-bond donors (Lipinski definition) is 0. The first-order chi connectivity index (χ1) is 12.2. The highest BCUT2D eigenvalue weighted by molar-refractivity contribution is 5.79. The van der Waals surface area contributed by atoms with Gasteiger partial charge in [0.25, 0.3) is 0 Å². The molecule has 2 aromatic rings. The third-order valence-corrected chi connectivity index (χ3v) is 5.08. The van der Waals surface area contributed by atoms with Crippen LogP contribution in [0, 0.1) is 5.92 Å². The van der Waals surface area contributed by atoms with Crippen molar-refractivity contribution >= 4 is 5.91 Å². The van der Waals surface area contributed by atoms with Crippen molar-refractivity contribution in [1.29, 1.82) is 0 Å². The summed E-state index contributed by atoms with van der Waals surface area (Å²) in [4.78, 5) is 19.2. The molecule has 1 atom stereocenters. The number of pyridine rings is 1. The zero-order valence-corrected chi connectivity index (χ0v) is 14.6. The van der Waals surface area contributed by atoms with Crippen LogP contribution in [-0.2, 0) is 29.4 Å². The molecule has 0 aromatic carbocycles. The molecule has 6 heteroatoms. The van der Waals surface area contributed by atoms with Gasteiger partial charge in [-0.3, -0.25) is 14.5 Å². The molecule has 1 aliphatic carbocycles. The third kappa shape index (κ3) is 3.58. The van der Waals surface area contributed by atoms with Crippen LogP contribution in [0.4, 0.5) is 0 Å². The van der Waals surface area contributed by atoms with Crippen LogP contribution in [0.3, 0.4) is 0 Å². The van der Waals surface area contributed by atoms with Gasteiger partial charge >= 0.3 is 0 Å². The van der Waals surface area contributed by atoms with Crippen molar-refractivity contribution < 1.29 is 9.53 Å². The highest BCUT2D eigenvalue weighted by Crippen LogP contribution is 2.32. The van der Waals surface area contributed by atoms with Gasteiger partial charge < -0.3 is 9.64 Å². The number of rotatable bonds is 6. The Morgan fingerprint density at radius 2 is 2.20 bits per heavy atom. The van der Waals surface area contributed by atoms with Gasteiger partial charge in [-0.15, -0.1) is 0 Å². The molecule has 0 N–H and O–H groups in total. The number of carbonyl (C=O) groups is 1. The molecule has 2 aromatic heterocycles. The van der Waals surface area contributed by atoms with E-state index >= 15 is 0 Å². The molecule has 2 aliphatic rings. The molecule has 132 valence electrons. The van der Waals surface area contributed by atoms with Crippen molar-refractivity contribution in [2.24, 2.45) is 13.0 Å². The summed E-state index contributed by atoms with van der Waals surface area (Å²) in [6, 6.07) is 5.62. The van der Waals surface area contributed by atoms with Crippen LogP contribution < -0.4 is 0 Å². The lowest BCUT2D eigenvalue weighted by molar-refractivity contribution is -0.135. The molecule has 0 saturated heterocycles. The van der Waals surface area contributed by atoms with Crippen molar-refractivity contribution in [1.82, 2.24) is 19.7 Å². The Hall–Kier alpha value is -2.21. The molecule has 1 saturated carbocycles. The van der Waals surface area contributed by atoms with Crippen LogP contribution in [-0.4, -0.2) is 45.3 Å². The number of amides is 1. The SMILES string of the molecule is Cn1ncc2c1[C@@H](COCC1CC1)N(C(=O)Cc1ccccn1)CC2. The molecular weight excluding hydrogens is 316 g/mol. The molecule has 3 heterocycles. The number of ether oxygens (including phenoxy) is 1. The van der Waals surface area contributed by atoms with Gasteiger partial charge in [0.1, 0.15) is 0 Å². The first kappa shape index (κ1) is 16.3. The predicted molar refractivity (Wildman–Crippen MR) is 92.9 cm³/mol. The van der Waals surface area contributed by atoms with Gasteiger partial charge in [0.2, 0.25) is 5.91 Å². The van der Waals surface area contributed by atoms with E-state index in [0.29, 0.717) is 25.5 Å². The summed E-state index contributed by atoms with van der Waals surface area (Å²) in [5, 5.41) is 4.39. The number of hydrogen-bond acceptors (Lipinski definition) is 4. The van der Waals surface area contributed by atoms with Crippen LogP contribution in [0.15, 0.2) is 30.6 Å². The summed E-state index contributed by atoms with van der Waals surface area (Å²) < 4.78 is 7.85. The van der Waals surface area contributed by atoms with Crippen LogP contribution >= 0.6 is 0 Å². The van der Waals surface area contributed by atoms with Gasteiger partial charge in [0.15, 0.2) is 0 Å². The monoisotopic (exact) mass is 340 g/mol. The Balaban J connectivity index is 1.51. The summed E-state index contributed by atoms with van der Waals surface area (Å²) in [6.07, 6.45) is 7.36. The summed E-state index contributed by atoms with van der Waals surface area (Å²) in [5.74, 6) is 0.817. The van der Waals surface area contributed by atoms with E-state index in [-0.39, 0.29) is 11.9 Å². The summed E-state index contributed by atoms with van der Waals surface area (Å²) in [6.45, 7) is 2.05. The van der Waals surface area contributed by atoms with Crippen molar-refractivity contribution in [2.75, 3.05) is 19.8 Å². The van der Waals surface area contributed by atoms with Crippen LogP contribution in [0.1, 0.15) is 35.8 Å². The highest BCUT2D eigenvalue weighted by Gasteiger charge is 2.34. The molecule has 1 fully saturated rings. The van der Waals surface area contributed by atoms with Crippen molar-refractivity contribution in [3.63, 3.8) is 0 Å². The molecule has 0 radical (unpaired) electrons. The average molecular weight is 340 g/mol. The number of carbonyl (C=O) groups excluding carboxylic acids is 1. The van der Waals surface area contributed by atoms with E-state index in [1.165, 1.54) is 18.4 Å². The van der Waals surface area contributed by atoms with E-state index in [1.54, 1.807) is 6.20 Å². The Morgan fingerprint density at radius 3 is 2.96 bits per heavy atom. The van der Waals surface area contributed by atoms with Gasteiger partial charge in [0, 0.05) is 32.1 Å². The lowest BCUT2D eigenvalue weighted by atomic mass is 9.99. The van der Waals surface area contributed by atoms with E-state index in [9.17, 15) is 4.79 Å². The molecule has 4 rings (SSSR count). The average Bonchev–Trinajstić information content (AvgIpc) is 3.37. The minimum Gasteiger partial charge on any atom is -0.379 e. The van der Waals surface area contributed by atoms with E-state index in [0.717, 1.165) is 24.4 Å². The minimum atomic E-state index is -0.0637. The van der Waals surface area contributed by atoms with Gasteiger partial charge in [-0.25, -0.2) is 0 Å². The van der Waals surface area contributed by atoms with E-state index in [1.807, 2.05) is 41.0 Å². The van der Waals surface area contributed by atoms with Crippen molar-refractivity contribution in [3.8, 4) is 0 Å². The van der Waals surface area contributed by atoms with E-state index in [2.05, 4.69) is 10.1 Å². The molecule has 1 amide bonds. The maximum atomic E-state index is 12.9. The zero-order valence-electron chi connectivity index (χ0n) is 14.6. The minimum absolute atomic E-state index is 0.0637. The fraction of sp³-hybridized carbons (Fsp3) is 0.526. The number of nitrogens with zero attached hydrogens (tertiary/aromatic N) is 4. The zero-order chi connectivity index (χ0) is 17.2. The molecule has 0 unspecified atom stereocenters. The van der Waals surface area contributed by atoms with Crippen LogP contribution in [0.25, 0.3) is 0 Å². The lowest BCUT2D eigenvalue weighted by Crippen LogP contribution is -2.43. The van der Waals surface area contributed by atoms with Gasteiger partial charge in [-0.05, 0) is 42.9 Å². The second-order valence-electron chi connectivity index (χ2n) is 7.01. The molecule has 25 heavy (non-hydrogen) atoms. The normalized spacial score (nSPS) is 19.7. The summed E-state index contributed by atoms with van der Waals surface area (Å²) in [5.41, 5.74) is 3.14. The maximum Gasteiger partial charge on any atom is 0.229 e. The van der Waals surface area contributed by atoms with Gasteiger partial charge in [-0.1, -0.05) is 6.07 Å². The van der Waals surface area contributed by atoms with Crippen LogP contribution in [0.5, 0.6) is 0 Å². The fourth-order valence-electron chi connectivity index (χ4n) is 3.52. The second-order valence-corrected chi connectivity index (χ2v) is 7.01. The third-order valence-electron chi connectivity index (χ3n) is 5.08. The quantitative estimate of drug-likeness (QED) is 0.806. The Labute approximate surface area is 147 Å². The van der Waals surface area contributed by atoms with E-state index in [4.69, 9.17) is 4.74 Å². The van der Waals surface area contributed by atoms with Crippen LogP contribution in [0.2, 0.25) is 0 Å². The molecule has 0 spiro atoms.